The number of aromatic nitrogens is 4. The minimum atomic E-state index is -0.129. The number of methoxy groups -OCH3 is 2. The Balaban J connectivity index is 1.51. The Hall–Kier alpha value is -3.62. The second-order valence-electron chi connectivity index (χ2n) is 6.94. The second-order valence-corrected chi connectivity index (χ2v) is 6.94. The molecule has 1 aromatic carbocycles. The molecule has 30 heavy (non-hydrogen) atoms. The summed E-state index contributed by atoms with van der Waals surface area (Å²) in [6.45, 7) is 1.01. The largest absolute Gasteiger partial charge is 0.497 e. The smallest absolute Gasteiger partial charge is 0.318 e. The molecule has 0 radical (unpaired) electrons. The van der Waals surface area contributed by atoms with Gasteiger partial charge in [-0.1, -0.05) is 6.07 Å². The molecule has 9 heteroatoms. The van der Waals surface area contributed by atoms with Gasteiger partial charge in [0.25, 0.3) is 0 Å². The van der Waals surface area contributed by atoms with Gasteiger partial charge in [-0.2, -0.15) is 5.10 Å². The van der Waals surface area contributed by atoms with E-state index in [-0.39, 0.29) is 12.1 Å². The van der Waals surface area contributed by atoms with Gasteiger partial charge in [-0.05, 0) is 37.1 Å². The van der Waals surface area contributed by atoms with Crippen molar-refractivity contribution >= 4 is 6.03 Å². The van der Waals surface area contributed by atoms with E-state index < -0.39 is 0 Å². The summed E-state index contributed by atoms with van der Waals surface area (Å²) >= 11 is 0. The summed E-state index contributed by atoms with van der Waals surface area (Å²) in [4.78, 5) is 23.2. The van der Waals surface area contributed by atoms with E-state index >= 15 is 0 Å². The Kier molecular flexibility index (Phi) is 5.78. The molecule has 1 unspecified atom stereocenters. The maximum Gasteiger partial charge on any atom is 0.318 e. The van der Waals surface area contributed by atoms with E-state index in [2.05, 4.69) is 20.4 Å². The van der Waals surface area contributed by atoms with Crippen LogP contribution in [0.2, 0.25) is 0 Å². The highest BCUT2D eigenvalue weighted by Gasteiger charge is 2.32. The second kappa shape index (κ2) is 8.81. The van der Waals surface area contributed by atoms with Crippen molar-refractivity contribution in [1.82, 2.24) is 30.0 Å². The van der Waals surface area contributed by atoms with Crippen molar-refractivity contribution in [2.45, 2.75) is 25.4 Å². The van der Waals surface area contributed by atoms with Gasteiger partial charge in [0.15, 0.2) is 5.82 Å². The summed E-state index contributed by atoms with van der Waals surface area (Å²) in [6.07, 6.45) is 6.52. The number of ether oxygens (including phenoxy) is 2. The number of hydrogen-bond acceptors (Lipinski definition) is 6. The van der Waals surface area contributed by atoms with Crippen LogP contribution in [0.5, 0.6) is 11.5 Å². The summed E-state index contributed by atoms with van der Waals surface area (Å²) in [5.41, 5.74) is 1.81. The molecule has 1 aliphatic rings. The molecule has 2 amide bonds. The molecule has 1 saturated heterocycles. The third-order valence-corrected chi connectivity index (χ3v) is 5.24. The lowest BCUT2D eigenvalue weighted by molar-refractivity contribution is 0.191. The monoisotopic (exact) mass is 408 g/mol. The predicted octanol–water partition coefficient (Wildman–Crippen LogP) is 2.73. The lowest BCUT2D eigenvalue weighted by Gasteiger charge is -2.27. The van der Waals surface area contributed by atoms with Crippen LogP contribution in [0.25, 0.3) is 5.82 Å². The van der Waals surface area contributed by atoms with Crippen molar-refractivity contribution in [3.05, 3.63) is 60.3 Å². The molecule has 0 saturated carbocycles. The Labute approximate surface area is 174 Å². The van der Waals surface area contributed by atoms with E-state index in [0.29, 0.717) is 18.9 Å². The van der Waals surface area contributed by atoms with Crippen molar-refractivity contribution in [2.75, 3.05) is 20.8 Å². The number of urea groups is 1. The third-order valence-electron chi connectivity index (χ3n) is 5.24. The minimum Gasteiger partial charge on any atom is -0.497 e. The van der Waals surface area contributed by atoms with Gasteiger partial charge in [0.1, 0.15) is 24.2 Å². The SMILES string of the molecule is COc1ccc(OC)c(C2CCCN2C(=O)NCc2cccnc2-n2cncn2)c1. The van der Waals surface area contributed by atoms with E-state index in [0.717, 1.165) is 35.5 Å². The van der Waals surface area contributed by atoms with E-state index in [1.54, 1.807) is 31.4 Å². The molecule has 1 fully saturated rings. The maximum absolute atomic E-state index is 13.0. The summed E-state index contributed by atoms with van der Waals surface area (Å²) < 4.78 is 12.5. The van der Waals surface area contributed by atoms with Crippen molar-refractivity contribution in [3.8, 4) is 17.3 Å². The van der Waals surface area contributed by atoms with Crippen LogP contribution in [-0.2, 0) is 6.54 Å². The van der Waals surface area contributed by atoms with Crippen LogP contribution < -0.4 is 14.8 Å². The number of amides is 2. The standard InChI is InChI=1S/C21H24N6O3/c1-29-16-7-8-19(30-2)17(11-16)18-6-4-10-26(18)21(28)24-12-15-5-3-9-23-20(15)27-14-22-13-25-27/h3,5,7-9,11,13-14,18H,4,6,10,12H2,1-2H3,(H,24,28). The molecular formula is C21H24N6O3. The molecule has 1 N–H and O–H groups in total. The molecule has 2 aromatic heterocycles. The number of likely N-dealkylation sites (tertiary alicyclic amines) is 1. The zero-order valence-electron chi connectivity index (χ0n) is 17.0. The average Bonchev–Trinajstić information content (AvgIpc) is 3.49. The lowest BCUT2D eigenvalue weighted by Crippen LogP contribution is -2.39. The van der Waals surface area contributed by atoms with Crippen LogP contribution >= 0.6 is 0 Å². The quantitative estimate of drug-likeness (QED) is 0.674. The van der Waals surface area contributed by atoms with Gasteiger partial charge in [-0.25, -0.2) is 19.4 Å². The fraction of sp³-hybridized carbons (Fsp3) is 0.333. The van der Waals surface area contributed by atoms with Crippen LogP contribution in [0.1, 0.15) is 30.0 Å². The molecule has 3 aromatic rings. The topological polar surface area (TPSA) is 94.4 Å². The normalized spacial score (nSPS) is 15.8. The van der Waals surface area contributed by atoms with Crippen molar-refractivity contribution in [3.63, 3.8) is 0 Å². The van der Waals surface area contributed by atoms with Gasteiger partial charge in [0, 0.05) is 30.4 Å². The highest BCUT2D eigenvalue weighted by molar-refractivity contribution is 5.75. The van der Waals surface area contributed by atoms with Gasteiger partial charge < -0.3 is 19.7 Å². The highest BCUT2D eigenvalue weighted by Crippen LogP contribution is 2.38. The van der Waals surface area contributed by atoms with Gasteiger partial charge in [0.2, 0.25) is 0 Å². The minimum absolute atomic E-state index is 0.0706. The van der Waals surface area contributed by atoms with Crippen LogP contribution in [-0.4, -0.2) is 51.4 Å². The molecule has 3 heterocycles. The first-order valence-electron chi connectivity index (χ1n) is 9.76. The Bertz CT molecular complexity index is 1010. The van der Waals surface area contributed by atoms with Crippen LogP contribution in [0.3, 0.4) is 0 Å². The number of nitrogens with zero attached hydrogens (tertiary/aromatic N) is 5. The van der Waals surface area contributed by atoms with Gasteiger partial charge in [-0.15, -0.1) is 0 Å². The van der Waals surface area contributed by atoms with Crippen LogP contribution in [0.4, 0.5) is 4.79 Å². The van der Waals surface area contributed by atoms with Crippen LogP contribution in [0, 0.1) is 0 Å². The molecule has 0 spiro atoms. The van der Waals surface area contributed by atoms with Gasteiger partial charge in [0.05, 0.1) is 20.3 Å². The number of carbonyl (C=O) groups is 1. The number of benzene rings is 1. The van der Waals surface area contributed by atoms with E-state index in [1.807, 2.05) is 35.2 Å². The number of rotatable bonds is 6. The zero-order chi connectivity index (χ0) is 20.9. The first-order valence-corrected chi connectivity index (χ1v) is 9.76. The number of nitrogens with one attached hydrogen (secondary N) is 1. The summed E-state index contributed by atoms with van der Waals surface area (Å²) in [5.74, 6) is 2.13. The molecule has 1 aliphatic heterocycles. The summed E-state index contributed by atoms with van der Waals surface area (Å²) in [6, 6.07) is 9.23. The average molecular weight is 408 g/mol. The maximum atomic E-state index is 13.0. The lowest BCUT2D eigenvalue weighted by atomic mass is 10.0. The van der Waals surface area contributed by atoms with Gasteiger partial charge in [-0.3, -0.25) is 0 Å². The number of carbonyl (C=O) groups excluding carboxylic acids is 1. The van der Waals surface area contributed by atoms with Crippen LogP contribution in [0.15, 0.2) is 49.2 Å². The van der Waals surface area contributed by atoms with E-state index in [9.17, 15) is 4.79 Å². The number of hydrogen-bond donors (Lipinski definition) is 1. The molecule has 1 atom stereocenters. The predicted molar refractivity (Wildman–Crippen MR) is 110 cm³/mol. The molecule has 0 aliphatic carbocycles. The Morgan fingerprint density at radius 2 is 2.17 bits per heavy atom. The van der Waals surface area contributed by atoms with E-state index in [1.165, 1.54) is 6.33 Å². The first kappa shape index (κ1) is 19.7. The fourth-order valence-corrected chi connectivity index (χ4v) is 3.80. The third kappa shape index (κ3) is 3.91. The fourth-order valence-electron chi connectivity index (χ4n) is 3.80. The summed E-state index contributed by atoms with van der Waals surface area (Å²) in [5, 5.41) is 7.16. The van der Waals surface area contributed by atoms with Crippen molar-refractivity contribution < 1.29 is 14.3 Å². The highest BCUT2D eigenvalue weighted by atomic mass is 16.5. The number of pyridine rings is 1. The first-order chi connectivity index (χ1) is 14.7. The van der Waals surface area contributed by atoms with E-state index in [4.69, 9.17) is 9.47 Å². The molecule has 9 nitrogen and oxygen atoms in total. The van der Waals surface area contributed by atoms with Crippen molar-refractivity contribution in [1.29, 1.82) is 0 Å². The van der Waals surface area contributed by atoms with Crippen molar-refractivity contribution in [2.24, 2.45) is 0 Å². The molecular weight excluding hydrogens is 384 g/mol. The molecule has 4 rings (SSSR count). The van der Waals surface area contributed by atoms with Gasteiger partial charge >= 0.3 is 6.03 Å². The zero-order valence-corrected chi connectivity index (χ0v) is 17.0. The summed E-state index contributed by atoms with van der Waals surface area (Å²) in [7, 11) is 3.27. The molecule has 0 bridgehead atoms. The molecule has 156 valence electrons. The Morgan fingerprint density at radius 1 is 1.27 bits per heavy atom. The Morgan fingerprint density at radius 3 is 2.93 bits per heavy atom.